The van der Waals surface area contributed by atoms with Gasteiger partial charge < -0.3 is 65.5 Å². The topological polar surface area (TPSA) is 0 Å². The first-order valence-electron chi connectivity index (χ1n) is 38.5. The van der Waals surface area contributed by atoms with Gasteiger partial charge in [0.05, 0.1) is 0 Å². The number of hydrogen-bond donors (Lipinski definition) is 0. The molecular formula is C90H164P12Pd3+2. The summed E-state index contributed by atoms with van der Waals surface area (Å²) < 4.78 is 0. The smallest absolute Gasteiger partial charge is 0.307 e. The zero-order valence-electron chi connectivity index (χ0n) is 78.4. The first-order valence-corrected chi connectivity index (χ1v) is 49.4. The fraction of sp³-hybridized carbons (Fsp3) is 0.800. The van der Waals surface area contributed by atoms with Crippen molar-refractivity contribution in [2.75, 3.05) is 0 Å². The van der Waals surface area contributed by atoms with E-state index in [1.165, 1.54) is 81.9 Å². The molecule has 0 saturated heterocycles. The third-order valence-corrected chi connectivity index (χ3v) is 46.1. The Morgan fingerprint density at radius 3 is 0.381 bits per heavy atom. The second kappa shape index (κ2) is 38.5. The molecule has 2 unspecified atom stereocenters. The van der Waals surface area contributed by atoms with E-state index < -0.39 is 0 Å². The Bertz CT molecular complexity index is 2810. The van der Waals surface area contributed by atoms with Crippen LogP contribution in [-0.2, 0) is 159 Å². The second-order valence-electron chi connectivity index (χ2n) is 48.1. The molecule has 6 aromatic rings. The summed E-state index contributed by atoms with van der Waals surface area (Å²) in [4.78, 5) is 0. The van der Waals surface area contributed by atoms with E-state index in [9.17, 15) is 0 Å². The van der Waals surface area contributed by atoms with E-state index in [1.54, 1.807) is 93.7 Å². The van der Waals surface area contributed by atoms with Crippen LogP contribution in [0.3, 0.4) is 0 Å². The molecule has 0 nitrogen and oxygen atoms in total. The molecule has 0 fully saturated rings. The van der Waals surface area contributed by atoms with Gasteiger partial charge >= 0.3 is 61.3 Å². The Morgan fingerprint density at radius 2 is 0.305 bits per heavy atom. The van der Waals surface area contributed by atoms with Crippen molar-refractivity contribution in [1.29, 1.82) is 0 Å². The van der Waals surface area contributed by atoms with Crippen LogP contribution in [0.5, 0.6) is 0 Å². The molecule has 0 spiro atoms. The second-order valence-corrected chi connectivity index (χ2v) is 64.0. The minimum absolute atomic E-state index is 0. The first-order chi connectivity index (χ1) is 44.0. The Kier molecular flexibility index (Phi) is 41.3. The molecule has 6 aromatic heterocycles. The molecular weight excluding hydrogens is 1770 g/mol. The van der Waals surface area contributed by atoms with Crippen molar-refractivity contribution in [1.82, 2.24) is 0 Å². The van der Waals surface area contributed by atoms with Gasteiger partial charge in [0.1, 0.15) is 0 Å². The summed E-state index contributed by atoms with van der Waals surface area (Å²) in [6.07, 6.45) is 0. The van der Waals surface area contributed by atoms with Crippen molar-refractivity contribution in [2.45, 2.75) is 471 Å². The molecule has 0 bridgehead atoms. The van der Waals surface area contributed by atoms with Crippen LogP contribution in [0.2, 0.25) is 0 Å². The Hall–Kier alpha value is 3.25. The van der Waals surface area contributed by atoms with Crippen molar-refractivity contribution in [3.8, 4) is 0 Å². The summed E-state index contributed by atoms with van der Waals surface area (Å²) >= 11 is 0. The maximum Gasteiger partial charge on any atom is 2.00 e. The molecule has 6 rings (SSSR count). The molecule has 15 heteroatoms. The fourth-order valence-corrected chi connectivity index (χ4v) is 33.6. The predicted molar refractivity (Wildman–Crippen MR) is 502 cm³/mol. The van der Waals surface area contributed by atoms with Gasteiger partial charge in [-0.15, -0.1) is 58.7 Å². The van der Waals surface area contributed by atoms with Crippen LogP contribution in [0, 0.1) is 0 Å². The molecule has 0 aliphatic heterocycles. The quantitative estimate of drug-likeness (QED) is 0.133. The minimum Gasteiger partial charge on any atom is -0.307 e. The van der Waals surface area contributed by atoms with Crippen LogP contribution in [0.15, 0.2) is 0 Å². The maximum absolute atomic E-state index is 2.36. The van der Waals surface area contributed by atoms with Crippen LogP contribution < -0.4 is 0 Å². The summed E-state index contributed by atoms with van der Waals surface area (Å²) in [5.41, 5.74) is 5.63. The SMILES string of the molecule is CC(C)(C)c1[p-]c(C(C)(C)C)c(C(C)(C)C)[pH+]1.CC(C)(C)c1[p-]c(C(C)(C)C)c(C(C)(C)C)[pH+]1.CC(C)(C)c1pc(C(C)(C)C)c(C(C)(C)C)[p-]1.CC(C)(C)c1pc(C(C)(C)C)c(C(C)(C)C)[p-]1.CC(C)(C)c1pc(C(C)(C)C)c(C(C)(C)C)[p-]1.CC(C)(C)c1pc(C(C)(C)C)c(C(C)(C)C)[p-]1.[Pd+2].[Pd+2].[Pd+2]. The average molecular weight is 1940 g/mol. The fourth-order valence-electron chi connectivity index (χ4n) is 10.5. The van der Waals surface area contributed by atoms with Gasteiger partial charge in [0.2, 0.25) is 0 Å². The van der Waals surface area contributed by atoms with Crippen molar-refractivity contribution < 1.29 is 61.3 Å². The molecule has 0 saturated carbocycles. The van der Waals surface area contributed by atoms with E-state index in [1.807, 2.05) is 0 Å². The van der Waals surface area contributed by atoms with E-state index in [0.717, 1.165) is 16.4 Å². The van der Waals surface area contributed by atoms with E-state index in [4.69, 9.17) is 0 Å². The van der Waals surface area contributed by atoms with Gasteiger partial charge in [-0.1, -0.05) is 390 Å². The molecule has 0 amide bonds. The standard InChI is InChI=1S/6C15H27P2.3Pd/c6*1-13(2,3)10-11(14(4,5)6)17-12(16-10)15(7,8)9;;;/h6*1-9H3;;;/q6*-1;3*+2/p+2. The van der Waals surface area contributed by atoms with Crippen molar-refractivity contribution >= 4 is 98.3 Å². The molecule has 6 heterocycles. The van der Waals surface area contributed by atoms with Crippen molar-refractivity contribution in [3.63, 3.8) is 0 Å². The largest absolute Gasteiger partial charge is 2.00 e. The molecule has 0 aliphatic carbocycles. The van der Waals surface area contributed by atoms with Gasteiger partial charge in [-0.25, -0.2) is 0 Å². The molecule has 105 heavy (non-hydrogen) atoms. The summed E-state index contributed by atoms with van der Waals surface area (Å²) in [6.45, 7) is 127. The number of hydrogen-bond acceptors (Lipinski definition) is 0. The van der Waals surface area contributed by atoms with E-state index >= 15 is 0 Å². The van der Waals surface area contributed by atoms with Crippen molar-refractivity contribution in [3.05, 3.63) is 93.7 Å². The van der Waals surface area contributed by atoms with Gasteiger partial charge in [0.25, 0.3) is 0 Å². The molecule has 0 radical (unpaired) electrons. The third-order valence-electron chi connectivity index (χ3n) is 16.8. The summed E-state index contributed by atoms with van der Waals surface area (Å²) in [7, 11) is 16.8. The van der Waals surface area contributed by atoms with Gasteiger partial charge in [-0.05, 0) is 119 Å². The Morgan fingerprint density at radius 1 is 0.162 bits per heavy atom. The molecule has 2 atom stereocenters. The minimum atomic E-state index is 0. The molecule has 612 valence electrons. The monoisotopic (exact) mass is 1930 g/mol. The summed E-state index contributed by atoms with van der Waals surface area (Å²) in [6, 6.07) is 0. The van der Waals surface area contributed by atoms with Crippen LogP contribution >= 0.6 is 98.3 Å². The summed E-state index contributed by atoms with van der Waals surface area (Å²) in [5, 5.41) is 30.0. The van der Waals surface area contributed by atoms with Crippen LogP contribution in [-0.4, -0.2) is 0 Å². The zero-order chi connectivity index (χ0) is 81.9. The number of rotatable bonds is 0. The van der Waals surface area contributed by atoms with Gasteiger partial charge in [-0.3, -0.25) is 0 Å². The average Bonchev–Trinajstić information content (AvgIpc) is 1.77. The third kappa shape index (κ3) is 35.4. The first kappa shape index (κ1) is 112. The van der Waals surface area contributed by atoms with Crippen molar-refractivity contribution in [2.24, 2.45) is 0 Å². The van der Waals surface area contributed by atoms with Crippen LogP contribution in [0.25, 0.3) is 0 Å². The molecule has 0 aromatic carbocycles. The summed E-state index contributed by atoms with van der Waals surface area (Å²) in [5.74, 6) is 0. The van der Waals surface area contributed by atoms with Crippen LogP contribution in [0.4, 0.5) is 0 Å². The maximum atomic E-state index is 2.36. The zero-order valence-corrected chi connectivity index (χ0v) is 94.0. The Labute approximate surface area is 717 Å². The van der Waals surface area contributed by atoms with Gasteiger partial charge in [0.15, 0.2) is 0 Å². The van der Waals surface area contributed by atoms with Gasteiger partial charge in [-0.2, -0.15) is 20.1 Å². The van der Waals surface area contributed by atoms with E-state index in [0.29, 0.717) is 97.5 Å². The molecule has 0 aliphatic rings. The van der Waals surface area contributed by atoms with E-state index in [-0.39, 0.29) is 61.3 Å². The Balaban J connectivity index is -0.00000118. The normalized spacial score (nSPS) is 14.7. The molecule has 0 N–H and O–H groups in total. The predicted octanol–water partition coefficient (Wildman–Crippen LogP) is 38.2. The van der Waals surface area contributed by atoms with Crippen LogP contribution in [0.1, 0.15) is 468 Å². The van der Waals surface area contributed by atoms with E-state index in [2.05, 4.69) is 374 Å². The van der Waals surface area contributed by atoms with Gasteiger partial charge in [0, 0.05) is 10.1 Å².